The summed E-state index contributed by atoms with van der Waals surface area (Å²) < 4.78 is 0. The molecular weight excluding hydrogens is 267 g/mol. The fourth-order valence-electron chi connectivity index (χ4n) is 0. The SMILES string of the molecule is O=C([O-])C(=O)[O-].O=C([O-])C(=O)[O-].[Cr+3].[K+]. The van der Waals surface area contributed by atoms with Crippen LogP contribution < -0.4 is 71.8 Å². The van der Waals surface area contributed by atoms with Crippen molar-refractivity contribution in [3.05, 3.63) is 0 Å². The summed E-state index contributed by atoms with van der Waals surface area (Å²) in [5.41, 5.74) is 0. The number of hydrogen-bond acceptors (Lipinski definition) is 8. The van der Waals surface area contributed by atoms with E-state index in [4.69, 9.17) is 39.6 Å². The zero-order valence-electron chi connectivity index (χ0n) is 6.67. The molecule has 0 rings (SSSR count). The zero-order chi connectivity index (χ0) is 10.3. The van der Waals surface area contributed by atoms with Crippen molar-refractivity contribution in [1.29, 1.82) is 0 Å². The molecule has 0 saturated carbocycles. The third-order valence-corrected chi connectivity index (χ3v) is 0.333. The first kappa shape index (κ1) is 23.7. The van der Waals surface area contributed by atoms with E-state index in [0.29, 0.717) is 0 Å². The van der Waals surface area contributed by atoms with E-state index in [1.165, 1.54) is 0 Å². The molecule has 0 fully saturated rings. The van der Waals surface area contributed by atoms with Gasteiger partial charge < -0.3 is 39.6 Å². The average molecular weight is 267 g/mol. The summed E-state index contributed by atoms with van der Waals surface area (Å²) in [5.74, 6) is -8.74. The number of carboxylic acid groups (broad SMARTS) is 4. The Kier molecular flexibility index (Phi) is 22.1. The number of hydrogen-bond donors (Lipinski definition) is 0. The van der Waals surface area contributed by atoms with Crippen LogP contribution in [0.15, 0.2) is 0 Å². The Morgan fingerprint density at radius 1 is 0.571 bits per heavy atom. The van der Waals surface area contributed by atoms with E-state index in [1.807, 2.05) is 0 Å². The molecular formula is C4CrKO8. The maximum absolute atomic E-state index is 8.93. The maximum Gasteiger partial charge on any atom is 3.00 e. The van der Waals surface area contributed by atoms with E-state index in [-0.39, 0.29) is 68.7 Å². The van der Waals surface area contributed by atoms with Gasteiger partial charge in [0.25, 0.3) is 0 Å². The first-order valence-electron chi connectivity index (χ1n) is 2.13. The van der Waals surface area contributed by atoms with Crippen LogP contribution in [0.1, 0.15) is 0 Å². The van der Waals surface area contributed by atoms with E-state index in [1.54, 1.807) is 0 Å². The molecule has 0 unspecified atom stereocenters. The number of carboxylic acids is 4. The van der Waals surface area contributed by atoms with Crippen LogP contribution in [0.25, 0.3) is 0 Å². The first-order chi connectivity index (χ1) is 5.29. The third-order valence-electron chi connectivity index (χ3n) is 0.333. The third kappa shape index (κ3) is 22.7. The zero-order valence-corrected chi connectivity index (χ0v) is 11.1. The molecule has 8 nitrogen and oxygen atoms in total. The van der Waals surface area contributed by atoms with E-state index >= 15 is 0 Å². The van der Waals surface area contributed by atoms with Crippen molar-refractivity contribution in [3.8, 4) is 0 Å². The molecule has 0 saturated heterocycles. The molecule has 0 aromatic carbocycles. The average Bonchev–Trinajstić information content (AvgIpc) is 1.88. The van der Waals surface area contributed by atoms with Gasteiger partial charge in [-0.15, -0.1) is 0 Å². The van der Waals surface area contributed by atoms with Crippen molar-refractivity contribution < 1.29 is 108 Å². The molecule has 0 N–H and O–H groups in total. The van der Waals surface area contributed by atoms with Crippen molar-refractivity contribution >= 4 is 23.9 Å². The van der Waals surface area contributed by atoms with E-state index in [2.05, 4.69) is 0 Å². The van der Waals surface area contributed by atoms with Crippen LogP contribution in [-0.4, -0.2) is 23.9 Å². The molecule has 0 bridgehead atoms. The van der Waals surface area contributed by atoms with Gasteiger partial charge in [-0.05, 0) is 0 Å². The first-order valence-corrected chi connectivity index (χ1v) is 2.13. The van der Waals surface area contributed by atoms with Crippen LogP contribution in [0.2, 0.25) is 0 Å². The Balaban J connectivity index is -0.0000000625. The van der Waals surface area contributed by atoms with Gasteiger partial charge in [-0.1, -0.05) is 0 Å². The van der Waals surface area contributed by atoms with Gasteiger partial charge in [-0.25, -0.2) is 0 Å². The molecule has 1 radical (unpaired) electrons. The summed E-state index contributed by atoms with van der Waals surface area (Å²) in [6, 6.07) is 0. The van der Waals surface area contributed by atoms with Crippen LogP contribution in [0.5, 0.6) is 0 Å². The van der Waals surface area contributed by atoms with Gasteiger partial charge in [0, 0.05) is 0 Å². The fourth-order valence-corrected chi connectivity index (χ4v) is 0. The molecule has 0 aromatic heterocycles. The second-order valence-electron chi connectivity index (χ2n) is 1.15. The van der Waals surface area contributed by atoms with Crippen molar-refractivity contribution in [2.24, 2.45) is 0 Å². The molecule has 0 aromatic rings. The largest absolute Gasteiger partial charge is 3.00 e. The summed E-state index contributed by atoms with van der Waals surface area (Å²) >= 11 is 0. The summed E-state index contributed by atoms with van der Waals surface area (Å²) in [6.07, 6.45) is 0. The molecule has 0 aliphatic carbocycles. The molecule has 0 aliphatic rings. The van der Waals surface area contributed by atoms with E-state index in [0.717, 1.165) is 0 Å². The molecule has 71 valence electrons. The molecule has 14 heavy (non-hydrogen) atoms. The predicted octanol–water partition coefficient (Wildman–Crippen LogP) is -10.0. The Morgan fingerprint density at radius 2 is 0.643 bits per heavy atom. The van der Waals surface area contributed by atoms with Crippen LogP contribution in [-0.2, 0) is 36.5 Å². The normalized spacial score (nSPS) is 6.29. The van der Waals surface area contributed by atoms with Crippen LogP contribution in [0, 0.1) is 0 Å². The van der Waals surface area contributed by atoms with Crippen LogP contribution >= 0.6 is 0 Å². The Hall–Kier alpha value is 0.0488. The number of rotatable bonds is 0. The monoisotopic (exact) mass is 267 g/mol. The van der Waals surface area contributed by atoms with Gasteiger partial charge in [0.1, 0.15) is 0 Å². The minimum atomic E-state index is -2.19. The number of carbonyl (C=O) groups excluding carboxylic acids is 4. The van der Waals surface area contributed by atoms with Crippen molar-refractivity contribution in [3.63, 3.8) is 0 Å². The topological polar surface area (TPSA) is 161 Å². The fraction of sp³-hybridized carbons (Fsp3) is 0. The molecule has 0 amide bonds. The van der Waals surface area contributed by atoms with Gasteiger partial charge >= 0.3 is 68.7 Å². The van der Waals surface area contributed by atoms with Gasteiger partial charge in [-0.2, -0.15) is 0 Å². The van der Waals surface area contributed by atoms with Gasteiger partial charge in [0.2, 0.25) is 0 Å². The number of carbonyl (C=O) groups is 4. The molecule has 0 heterocycles. The molecule has 10 heteroatoms. The number of aliphatic carboxylic acids is 4. The second kappa shape index (κ2) is 13.0. The standard InChI is InChI=1S/2C2H2O4.Cr.K/c2*3-1(4)2(5)6;;/h2*(H,3,4)(H,5,6);;/q;;+3;+1/p-4. The second-order valence-corrected chi connectivity index (χ2v) is 1.15. The minimum absolute atomic E-state index is 0. The minimum Gasteiger partial charge on any atom is -0.543 e. The molecule has 0 aliphatic heterocycles. The summed E-state index contributed by atoms with van der Waals surface area (Å²) in [5, 5.41) is 35.7. The Morgan fingerprint density at radius 3 is 0.643 bits per heavy atom. The maximum atomic E-state index is 8.93. The summed E-state index contributed by atoms with van der Waals surface area (Å²) in [6.45, 7) is 0. The smallest absolute Gasteiger partial charge is 0.543 e. The van der Waals surface area contributed by atoms with Gasteiger partial charge in [0.05, 0.1) is 23.9 Å². The van der Waals surface area contributed by atoms with Crippen molar-refractivity contribution in [2.45, 2.75) is 0 Å². The van der Waals surface area contributed by atoms with Gasteiger partial charge in [-0.3, -0.25) is 0 Å². The summed E-state index contributed by atoms with van der Waals surface area (Å²) in [7, 11) is 0. The summed E-state index contributed by atoms with van der Waals surface area (Å²) in [4.78, 5) is 35.7. The Bertz CT molecular complexity index is 177. The molecule has 0 spiro atoms. The van der Waals surface area contributed by atoms with Crippen molar-refractivity contribution in [2.75, 3.05) is 0 Å². The van der Waals surface area contributed by atoms with Gasteiger partial charge in [0.15, 0.2) is 0 Å². The Labute approximate surface area is 130 Å². The van der Waals surface area contributed by atoms with Crippen molar-refractivity contribution in [1.82, 2.24) is 0 Å². The van der Waals surface area contributed by atoms with E-state index in [9.17, 15) is 0 Å². The van der Waals surface area contributed by atoms with E-state index < -0.39 is 23.9 Å². The predicted molar refractivity (Wildman–Crippen MR) is 20.0 cm³/mol. The van der Waals surface area contributed by atoms with Crippen LogP contribution in [0.3, 0.4) is 0 Å². The van der Waals surface area contributed by atoms with Crippen LogP contribution in [0.4, 0.5) is 0 Å². The molecule has 0 atom stereocenters. The quantitative estimate of drug-likeness (QED) is 0.308.